The van der Waals surface area contributed by atoms with Crippen LogP contribution in [-0.4, -0.2) is 36.2 Å². The van der Waals surface area contributed by atoms with Gasteiger partial charge in [0, 0.05) is 16.6 Å². The molecule has 1 amide bonds. The van der Waals surface area contributed by atoms with Crippen LogP contribution in [0.3, 0.4) is 0 Å². The summed E-state index contributed by atoms with van der Waals surface area (Å²) >= 11 is 3.34. The Labute approximate surface area is 121 Å². The highest BCUT2D eigenvalue weighted by atomic mass is 79.9. The number of carbonyl (C=O) groups is 2. The first kappa shape index (κ1) is 14.2. The Morgan fingerprint density at radius 1 is 1.32 bits per heavy atom. The van der Waals surface area contributed by atoms with E-state index >= 15 is 0 Å². The minimum atomic E-state index is -0.263. The Kier molecular flexibility index (Phi) is 4.71. The average molecular weight is 325 g/mol. The predicted octanol–water partition coefficient (Wildman–Crippen LogP) is 1.83. The van der Waals surface area contributed by atoms with Crippen molar-refractivity contribution in [3.63, 3.8) is 0 Å². The van der Waals surface area contributed by atoms with Crippen LogP contribution in [0.5, 0.6) is 0 Å². The lowest BCUT2D eigenvalue weighted by Crippen LogP contribution is -2.43. The molecule has 0 spiro atoms. The van der Waals surface area contributed by atoms with E-state index in [1.165, 1.54) is 0 Å². The van der Waals surface area contributed by atoms with Crippen LogP contribution in [0.25, 0.3) is 0 Å². The van der Waals surface area contributed by atoms with Crippen molar-refractivity contribution in [2.45, 2.75) is 12.8 Å². The Balaban J connectivity index is 1.95. The van der Waals surface area contributed by atoms with Gasteiger partial charge >= 0.3 is 0 Å². The molecule has 1 unspecified atom stereocenters. The molecule has 1 fully saturated rings. The number of amides is 1. The van der Waals surface area contributed by atoms with Gasteiger partial charge in [0.2, 0.25) is 5.91 Å². The zero-order valence-electron chi connectivity index (χ0n) is 10.6. The molecule has 0 aromatic heterocycles. The summed E-state index contributed by atoms with van der Waals surface area (Å²) in [6.45, 7) is 1.80. The molecule has 1 atom stereocenters. The molecule has 0 bridgehead atoms. The highest BCUT2D eigenvalue weighted by molar-refractivity contribution is 9.10. The van der Waals surface area contributed by atoms with Gasteiger partial charge in [-0.2, -0.15) is 0 Å². The average Bonchev–Trinajstić information content (AvgIpc) is 2.39. The van der Waals surface area contributed by atoms with Gasteiger partial charge in [-0.25, -0.2) is 0 Å². The van der Waals surface area contributed by atoms with Gasteiger partial charge in [0.05, 0.1) is 12.5 Å². The van der Waals surface area contributed by atoms with Crippen LogP contribution in [0.4, 0.5) is 0 Å². The van der Waals surface area contributed by atoms with Gasteiger partial charge in [-0.1, -0.05) is 28.1 Å². The second-order valence-corrected chi connectivity index (χ2v) is 5.82. The molecular formula is C14H17BrN2O2. The topological polar surface area (TPSA) is 63.4 Å². The third kappa shape index (κ3) is 3.88. The molecule has 1 saturated heterocycles. The van der Waals surface area contributed by atoms with Crippen molar-refractivity contribution in [3.05, 3.63) is 34.3 Å². The number of benzene rings is 1. The Bertz CT molecular complexity index is 473. The number of nitrogens with two attached hydrogens (primary N) is 1. The number of nitrogens with zero attached hydrogens (tertiary/aromatic N) is 1. The lowest BCUT2D eigenvalue weighted by atomic mass is 9.97. The second kappa shape index (κ2) is 6.30. The van der Waals surface area contributed by atoms with E-state index in [-0.39, 0.29) is 17.6 Å². The molecule has 2 rings (SSSR count). The molecular weight excluding hydrogens is 308 g/mol. The number of hydrogen-bond acceptors (Lipinski definition) is 3. The van der Waals surface area contributed by atoms with Gasteiger partial charge in [-0.15, -0.1) is 0 Å². The first-order chi connectivity index (χ1) is 9.06. The molecule has 1 aromatic carbocycles. The monoisotopic (exact) mass is 324 g/mol. The molecule has 102 valence electrons. The van der Waals surface area contributed by atoms with E-state index in [1.807, 2.05) is 29.2 Å². The predicted molar refractivity (Wildman–Crippen MR) is 76.8 cm³/mol. The molecule has 5 heteroatoms. The minimum Gasteiger partial charge on any atom is -0.369 e. The molecule has 1 heterocycles. The quantitative estimate of drug-likeness (QED) is 0.859. The molecule has 2 N–H and O–H groups in total. The van der Waals surface area contributed by atoms with Crippen molar-refractivity contribution < 1.29 is 9.59 Å². The number of likely N-dealkylation sites (tertiary alicyclic amines) is 1. The number of primary amides is 1. The van der Waals surface area contributed by atoms with E-state index in [0.29, 0.717) is 18.7 Å². The van der Waals surface area contributed by atoms with Crippen LogP contribution in [0.1, 0.15) is 23.2 Å². The van der Waals surface area contributed by atoms with Crippen LogP contribution >= 0.6 is 15.9 Å². The summed E-state index contributed by atoms with van der Waals surface area (Å²) in [4.78, 5) is 25.3. The van der Waals surface area contributed by atoms with Gasteiger partial charge in [-0.05, 0) is 31.5 Å². The fraction of sp³-hybridized carbons (Fsp3) is 0.429. The van der Waals surface area contributed by atoms with E-state index in [9.17, 15) is 9.59 Å². The maximum atomic E-state index is 12.1. The maximum Gasteiger partial charge on any atom is 0.221 e. The van der Waals surface area contributed by atoms with Gasteiger partial charge in [-0.3, -0.25) is 14.5 Å². The summed E-state index contributed by atoms with van der Waals surface area (Å²) in [6, 6.07) is 7.33. The van der Waals surface area contributed by atoms with Crippen molar-refractivity contribution in [3.8, 4) is 0 Å². The molecule has 4 nitrogen and oxygen atoms in total. The summed E-state index contributed by atoms with van der Waals surface area (Å²) < 4.78 is 0.954. The minimum absolute atomic E-state index is 0.0811. The number of piperidine rings is 1. The summed E-state index contributed by atoms with van der Waals surface area (Å²) in [7, 11) is 0. The summed E-state index contributed by atoms with van der Waals surface area (Å²) in [5.74, 6) is -0.301. The van der Waals surface area contributed by atoms with Gasteiger partial charge in [0.15, 0.2) is 5.78 Å². The Morgan fingerprint density at radius 2 is 2.00 bits per heavy atom. The summed E-state index contributed by atoms with van der Waals surface area (Å²) in [6.07, 6.45) is 1.75. The Morgan fingerprint density at radius 3 is 2.63 bits per heavy atom. The van der Waals surface area contributed by atoms with Crippen LogP contribution in [-0.2, 0) is 4.79 Å². The highest BCUT2D eigenvalue weighted by Gasteiger charge is 2.25. The molecule has 0 radical (unpaired) electrons. The fourth-order valence-electron chi connectivity index (χ4n) is 2.36. The van der Waals surface area contributed by atoms with Crippen molar-refractivity contribution in [1.82, 2.24) is 4.90 Å². The van der Waals surface area contributed by atoms with E-state index in [1.54, 1.807) is 0 Å². The van der Waals surface area contributed by atoms with E-state index in [2.05, 4.69) is 15.9 Å². The third-order valence-corrected chi connectivity index (χ3v) is 3.97. The van der Waals surface area contributed by atoms with Crippen LogP contribution < -0.4 is 5.73 Å². The van der Waals surface area contributed by atoms with Crippen LogP contribution in [0.15, 0.2) is 28.7 Å². The maximum absolute atomic E-state index is 12.1. The SMILES string of the molecule is NC(=O)C1CCCN(CC(=O)c2ccc(Br)cc2)C1. The molecule has 1 aromatic rings. The molecule has 1 aliphatic heterocycles. The zero-order valence-corrected chi connectivity index (χ0v) is 12.2. The van der Waals surface area contributed by atoms with Gasteiger partial charge < -0.3 is 5.73 Å². The fourth-order valence-corrected chi connectivity index (χ4v) is 2.63. The van der Waals surface area contributed by atoms with Crippen molar-refractivity contribution >= 4 is 27.6 Å². The number of carbonyl (C=O) groups excluding carboxylic acids is 2. The number of rotatable bonds is 4. The lowest BCUT2D eigenvalue weighted by molar-refractivity contribution is -0.123. The first-order valence-corrected chi connectivity index (χ1v) is 7.16. The second-order valence-electron chi connectivity index (χ2n) is 4.91. The lowest BCUT2D eigenvalue weighted by Gasteiger charge is -2.30. The van der Waals surface area contributed by atoms with E-state index in [0.717, 1.165) is 23.9 Å². The molecule has 0 saturated carbocycles. The van der Waals surface area contributed by atoms with Crippen LogP contribution in [0.2, 0.25) is 0 Å². The van der Waals surface area contributed by atoms with E-state index in [4.69, 9.17) is 5.73 Å². The van der Waals surface area contributed by atoms with Crippen molar-refractivity contribution in [1.29, 1.82) is 0 Å². The standard InChI is InChI=1S/C14H17BrN2O2/c15-12-5-3-10(4-6-12)13(18)9-17-7-1-2-11(8-17)14(16)19/h3-6,11H,1-2,7-9H2,(H2,16,19). The highest BCUT2D eigenvalue weighted by Crippen LogP contribution is 2.17. The largest absolute Gasteiger partial charge is 0.369 e. The molecule has 1 aliphatic rings. The first-order valence-electron chi connectivity index (χ1n) is 6.36. The summed E-state index contributed by atoms with van der Waals surface area (Å²) in [5.41, 5.74) is 6.03. The van der Waals surface area contributed by atoms with E-state index < -0.39 is 0 Å². The summed E-state index contributed by atoms with van der Waals surface area (Å²) in [5, 5.41) is 0. The number of ketones is 1. The Hall–Kier alpha value is -1.20. The zero-order chi connectivity index (χ0) is 13.8. The van der Waals surface area contributed by atoms with Crippen LogP contribution in [0, 0.1) is 5.92 Å². The number of halogens is 1. The smallest absolute Gasteiger partial charge is 0.221 e. The third-order valence-electron chi connectivity index (χ3n) is 3.44. The molecule has 0 aliphatic carbocycles. The normalized spacial score (nSPS) is 20.2. The number of hydrogen-bond donors (Lipinski definition) is 1. The van der Waals surface area contributed by atoms with Crippen molar-refractivity contribution in [2.75, 3.05) is 19.6 Å². The number of Topliss-reactive ketones (excluding diaryl/α,β-unsaturated/α-hetero) is 1. The molecule has 19 heavy (non-hydrogen) atoms. The van der Waals surface area contributed by atoms with Gasteiger partial charge in [0.1, 0.15) is 0 Å². The van der Waals surface area contributed by atoms with Crippen molar-refractivity contribution in [2.24, 2.45) is 11.7 Å². The van der Waals surface area contributed by atoms with Gasteiger partial charge in [0.25, 0.3) is 0 Å².